The Labute approximate surface area is 149 Å². The van der Waals surface area contributed by atoms with E-state index in [1.807, 2.05) is 0 Å². The number of alkyl halides is 3. The minimum Gasteiger partial charge on any atom is -0.445 e. The lowest BCUT2D eigenvalue weighted by Crippen LogP contribution is -2.58. The molecule has 0 aliphatic rings. The van der Waals surface area contributed by atoms with E-state index >= 15 is 0 Å². The first kappa shape index (κ1) is 22.0. The van der Waals surface area contributed by atoms with E-state index in [1.165, 1.54) is 25.1 Å². The molecule has 26 heavy (non-hydrogen) atoms. The number of amides is 1. The molecule has 2 N–H and O–H groups in total. The van der Waals surface area contributed by atoms with Gasteiger partial charge in [0.25, 0.3) is 0 Å². The minimum atomic E-state index is -5.55. The number of nitrogens with one attached hydrogen (secondary N) is 1. The normalized spacial score (nSPS) is 17.3. The van der Waals surface area contributed by atoms with Gasteiger partial charge in [0.1, 0.15) is 6.61 Å². The highest BCUT2D eigenvalue weighted by Gasteiger charge is 2.68. The number of rotatable bonds is 7. The first-order valence-corrected chi connectivity index (χ1v) is 9.11. The molecule has 1 aromatic rings. The molecule has 0 aliphatic carbocycles. The summed E-state index contributed by atoms with van der Waals surface area (Å²) in [5.41, 5.74) is 0.504. The molecule has 0 spiro atoms. The quantitative estimate of drug-likeness (QED) is 0.544. The van der Waals surface area contributed by atoms with Crippen molar-refractivity contribution < 1.29 is 36.7 Å². The maximum absolute atomic E-state index is 13.5. The van der Waals surface area contributed by atoms with Crippen LogP contribution in [-0.2, 0) is 20.4 Å². The third-order valence-electron chi connectivity index (χ3n) is 3.44. The van der Waals surface area contributed by atoms with Gasteiger partial charge in [-0.15, -0.1) is 6.42 Å². The third-order valence-corrected chi connectivity index (χ3v) is 5.42. The van der Waals surface area contributed by atoms with Crippen LogP contribution < -0.4 is 5.32 Å². The number of ether oxygens (including phenoxy) is 1. The first-order chi connectivity index (χ1) is 12.0. The molecule has 144 valence electrons. The summed E-state index contributed by atoms with van der Waals surface area (Å²) in [4.78, 5) is 21.7. The van der Waals surface area contributed by atoms with Gasteiger partial charge in [-0.25, -0.2) is 4.79 Å². The van der Waals surface area contributed by atoms with Crippen molar-refractivity contribution in [3.8, 4) is 12.3 Å². The molecular formula is C16H19F3NO5P. The van der Waals surface area contributed by atoms with Gasteiger partial charge < -0.3 is 14.2 Å². The van der Waals surface area contributed by atoms with E-state index in [0.29, 0.717) is 5.56 Å². The number of carbonyl (C=O) groups is 1. The number of benzene rings is 1. The molecule has 0 saturated carbocycles. The van der Waals surface area contributed by atoms with Crippen molar-refractivity contribution in [3.63, 3.8) is 0 Å². The molecule has 10 heteroatoms. The summed E-state index contributed by atoms with van der Waals surface area (Å²) >= 11 is 0. The predicted molar refractivity (Wildman–Crippen MR) is 88.0 cm³/mol. The zero-order chi connectivity index (χ0) is 20.0. The van der Waals surface area contributed by atoms with Gasteiger partial charge >= 0.3 is 25.1 Å². The summed E-state index contributed by atoms with van der Waals surface area (Å²) in [6, 6.07) is 8.13. The Morgan fingerprint density at radius 2 is 1.96 bits per heavy atom. The highest BCUT2D eigenvalue weighted by Crippen LogP contribution is 2.61. The molecule has 3 atom stereocenters. The monoisotopic (exact) mass is 393 g/mol. The Hall–Kier alpha value is -2.01. The van der Waals surface area contributed by atoms with Crippen LogP contribution in [-0.4, -0.2) is 28.5 Å². The Kier molecular flexibility index (Phi) is 7.27. The molecular weight excluding hydrogens is 374 g/mol. The number of halogens is 3. The minimum absolute atomic E-state index is 0.154. The van der Waals surface area contributed by atoms with Crippen LogP contribution in [0.25, 0.3) is 0 Å². The Morgan fingerprint density at radius 3 is 2.42 bits per heavy atom. The van der Waals surface area contributed by atoms with E-state index in [0.717, 1.165) is 0 Å². The van der Waals surface area contributed by atoms with Crippen LogP contribution >= 0.6 is 7.60 Å². The zero-order valence-electron chi connectivity index (χ0n) is 14.1. The van der Waals surface area contributed by atoms with E-state index < -0.39 is 31.2 Å². The third kappa shape index (κ3) is 5.01. The molecule has 1 aromatic carbocycles. The van der Waals surface area contributed by atoms with Crippen LogP contribution in [0.1, 0.15) is 25.8 Å². The molecule has 0 aromatic heterocycles. The van der Waals surface area contributed by atoms with Gasteiger partial charge in [0, 0.05) is 0 Å². The largest absolute Gasteiger partial charge is 0.445 e. The van der Waals surface area contributed by atoms with Crippen molar-refractivity contribution in [1.29, 1.82) is 0 Å². The molecule has 6 nitrogen and oxygen atoms in total. The van der Waals surface area contributed by atoms with Crippen LogP contribution in [0.3, 0.4) is 0 Å². The molecule has 1 rings (SSSR count). The second-order valence-corrected chi connectivity index (χ2v) is 7.31. The molecule has 0 heterocycles. The smallest absolute Gasteiger partial charge is 0.435 e. The lowest BCUT2D eigenvalue weighted by molar-refractivity contribution is -0.159. The van der Waals surface area contributed by atoms with Crippen molar-refractivity contribution in [1.82, 2.24) is 5.32 Å². The predicted octanol–water partition coefficient (Wildman–Crippen LogP) is 3.81. The Balaban J connectivity index is 3.05. The molecule has 0 radical (unpaired) electrons. The van der Waals surface area contributed by atoms with Gasteiger partial charge in [-0.1, -0.05) is 43.2 Å². The van der Waals surface area contributed by atoms with E-state index in [1.54, 1.807) is 30.3 Å². The fourth-order valence-corrected chi connectivity index (χ4v) is 3.32. The van der Waals surface area contributed by atoms with E-state index in [2.05, 4.69) is 9.26 Å². The van der Waals surface area contributed by atoms with Crippen LogP contribution in [0.2, 0.25) is 0 Å². The molecule has 3 unspecified atom stereocenters. The maximum Gasteiger partial charge on any atom is 0.435 e. The van der Waals surface area contributed by atoms with Crippen LogP contribution in [0, 0.1) is 12.3 Å². The lowest BCUT2D eigenvalue weighted by Gasteiger charge is -2.34. The standard InChI is InChI=1S/C16H19F3NO5P/c1-4-12(3)25-26(22,23)15(5-2,16(17,18)19)20-14(21)24-11-13-9-7-6-8-10-13/h2,6-10,12H,4,11H2,1,3H3,(H,20,21)(H,22,23). The summed E-state index contributed by atoms with van der Waals surface area (Å²) in [5.74, 6) is 1.18. The van der Waals surface area contributed by atoms with Gasteiger partial charge in [-0.3, -0.25) is 9.88 Å². The molecule has 0 bridgehead atoms. The summed E-state index contributed by atoms with van der Waals surface area (Å²) in [5, 5.41) is -2.63. The highest BCUT2D eigenvalue weighted by molar-refractivity contribution is 7.55. The molecule has 0 saturated heterocycles. The fourth-order valence-electron chi connectivity index (χ4n) is 1.81. The number of hydrogen-bond acceptors (Lipinski definition) is 4. The highest BCUT2D eigenvalue weighted by atomic mass is 31.2. The summed E-state index contributed by atoms with van der Waals surface area (Å²) in [7, 11) is -5.55. The number of terminal acetylenes is 1. The van der Waals surface area contributed by atoms with Crippen molar-refractivity contribution >= 4 is 13.7 Å². The average Bonchev–Trinajstić information content (AvgIpc) is 2.56. The van der Waals surface area contributed by atoms with E-state index in [9.17, 15) is 27.4 Å². The lowest BCUT2D eigenvalue weighted by atomic mass is 10.2. The van der Waals surface area contributed by atoms with Crippen molar-refractivity contribution in [3.05, 3.63) is 35.9 Å². The number of alkyl carbamates (subject to hydrolysis) is 1. The number of hydrogen-bond donors (Lipinski definition) is 2. The van der Waals surface area contributed by atoms with Crippen LogP contribution in [0.15, 0.2) is 30.3 Å². The van der Waals surface area contributed by atoms with Gasteiger partial charge in [0.2, 0.25) is 0 Å². The van der Waals surface area contributed by atoms with Gasteiger partial charge in [0.05, 0.1) is 6.10 Å². The number of carbonyl (C=O) groups excluding carboxylic acids is 1. The van der Waals surface area contributed by atoms with Gasteiger partial charge in [-0.2, -0.15) is 13.2 Å². The fraction of sp³-hybridized carbons (Fsp3) is 0.438. The van der Waals surface area contributed by atoms with Crippen molar-refractivity contribution in [2.24, 2.45) is 0 Å². The van der Waals surface area contributed by atoms with Crippen molar-refractivity contribution in [2.45, 2.75) is 44.4 Å². The topological polar surface area (TPSA) is 84.9 Å². The van der Waals surface area contributed by atoms with E-state index in [4.69, 9.17) is 6.42 Å². The molecule has 0 fully saturated rings. The summed E-state index contributed by atoms with van der Waals surface area (Å²) < 4.78 is 62.2. The summed E-state index contributed by atoms with van der Waals surface area (Å²) in [6.45, 7) is 2.48. The maximum atomic E-state index is 13.5. The van der Waals surface area contributed by atoms with Crippen molar-refractivity contribution in [2.75, 3.05) is 0 Å². The van der Waals surface area contributed by atoms with Gasteiger partial charge in [0.15, 0.2) is 0 Å². The second-order valence-electron chi connectivity index (χ2n) is 5.38. The molecule has 1 amide bonds. The summed E-state index contributed by atoms with van der Waals surface area (Å²) in [6.07, 6.45) is -3.02. The van der Waals surface area contributed by atoms with Crippen LogP contribution in [0.5, 0.6) is 0 Å². The van der Waals surface area contributed by atoms with Gasteiger partial charge in [-0.05, 0) is 18.9 Å². The van der Waals surface area contributed by atoms with E-state index in [-0.39, 0.29) is 13.0 Å². The van der Waals surface area contributed by atoms with Crippen LogP contribution in [0.4, 0.5) is 18.0 Å². The Bertz CT molecular complexity index is 704. The first-order valence-electron chi connectivity index (χ1n) is 7.53. The Morgan fingerprint density at radius 1 is 1.38 bits per heavy atom. The SMILES string of the molecule is C#CC(NC(=O)OCc1ccccc1)(C(F)(F)F)P(=O)(O)OC(C)CC. The second kappa shape index (κ2) is 8.58. The average molecular weight is 393 g/mol. The zero-order valence-corrected chi connectivity index (χ0v) is 15.0. The molecule has 0 aliphatic heterocycles.